The molecule has 0 radical (unpaired) electrons. The van der Waals surface area contributed by atoms with Crippen LogP contribution in [0.25, 0.3) is 0 Å². The van der Waals surface area contributed by atoms with Crippen LogP contribution in [0.2, 0.25) is 30.1 Å². The second kappa shape index (κ2) is 32.6. The van der Waals surface area contributed by atoms with E-state index in [1.165, 1.54) is 31.2 Å². The predicted molar refractivity (Wildman–Crippen MR) is 425 cm³/mol. The molecule has 0 atom stereocenters. The van der Waals surface area contributed by atoms with Gasteiger partial charge in [0.05, 0.1) is 48.9 Å². The number of fused-ring (bicyclic) bond motifs is 1. The number of rotatable bonds is 27. The van der Waals surface area contributed by atoms with Gasteiger partial charge in [-0.1, -0.05) is 83.5 Å². The molecule has 4 heterocycles. The molecule has 8 bridgehead atoms. The maximum absolute atomic E-state index is 13.5. The number of ether oxygens (including phenoxy) is 4. The van der Waals surface area contributed by atoms with Crippen molar-refractivity contribution in [3.8, 4) is 23.0 Å². The van der Waals surface area contributed by atoms with E-state index in [9.17, 15) is 38.0 Å². The zero-order chi connectivity index (χ0) is 80.6. The molecule has 33 heteroatoms. The molecule has 13 saturated carbocycles. The second-order valence-electron chi connectivity index (χ2n) is 31.8. The van der Waals surface area contributed by atoms with E-state index < -0.39 is 5.82 Å². The molecule has 0 aliphatic heterocycles. The minimum absolute atomic E-state index is 0.00297. The Balaban J connectivity index is 0.000000126. The van der Waals surface area contributed by atoms with Gasteiger partial charge in [-0.3, -0.25) is 53.2 Å². The van der Waals surface area contributed by atoms with Crippen LogP contribution in [0.15, 0.2) is 128 Å². The van der Waals surface area contributed by atoms with Gasteiger partial charge in [0.1, 0.15) is 46.0 Å². The highest BCUT2D eigenvalue weighted by atomic mass is 35.5. The molecule has 598 valence electrons. The number of pyridine rings is 1. The van der Waals surface area contributed by atoms with Gasteiger partial charge in [0, 0.05) is 117 Å². The lowest BCUT2D eigenvalue weighted by Crippen LogP contribution is -2.84. The number of amides is 7. The van der Waals surface area contributed by atoms with Crippen LogP contribution in [0.5, 0.6) is 23.0 Å². The van der Waals surface area contributed by atoms with E-state index in [1.54, 1.807) is 97.2 Å². The Kier molecular flexibility index (Phi) is 23.1. The fourth-order valence-electron chi connectivity index (χ4n) is 17.1. The molecule has 13 aliphatic carbocycles. The van der Waals surface area contributed by atoms with Crippen LogP contribution < -0.4 is 61.5 Å². The van der Waals surface area contributed by atoms with Crippen LogP contribution in [0.1, 0.15) is 170 Å². The molecular formula is C81H84Cl6FN15O11. The first-order valence-electron chi connectivity index (χ1n) is 37.6. The van der Waals surface area contributed by atoms with Crippen molar-refractivity contribution in [2.45, 2.75) is 180 Å². The summed E-state index contributed by atoms with van der Waals surface area (Å²) in [6, 6.07) is 24.3. The van der Waals surface area contributed by atoms with E-state index in [4.69, 9.17) is 93.5 Å². The van der Waals surface area contributed by atoms with Crippen molar-refractivity contribution in [2.75, 3.05) is 31.7 Å². The molecule has 8 aromatic rings. The third kappa shape index (κ3) is 18.7. The van der Waals surface area contributed by atoms with Crippen LogP contribution in [0.3, 0.4) is 0 Å². The van der Waals surface area contributed by atoms with Crippen molar-refractivity contribution in [2.24, 2.45) is 7.05 Å². The average molecular weight is 1680 g/mol. The van der Waals surface area contributed by atoms with Gasteiger partial charge in [-0.25, -0.2) is 14.4 Å². The summed E-state index contributed by atoms with van der Waals surface area (Å²) in [5.41, 5.74) is 3.43. The molecule has 0 unspecified atom stereocenters. The SMILES string of the molecule is CCc1cc(C(=O)NC23CC(NC(=O)COc4ccc(Cl)c(Cl)c4)(C2)C3)ccn1.CCc1cnc(C(=O)NC23CCC(NC(=O)COc4ccc(Cl)c(F)c4)(C2)C3)cn1.Cc1cc(OCC(=O)NC23CC(Nc4cncc(C5CC5)n4)(C2)C3)ccc1Cl.Cn1ccc(C(=O)NC23CC(NC(=O)COc4ccc(Cl)c(Cl)c4)(C2)C3)n1. The number of hydrogen-bond acceptors (Lipinski definition) is 18. The number of aryl methyl sites for hydroxylation is 4. The van der Waals surface area contributed by atoms with Crippen LogP contribution in [0.4, 0.5) is 10.2 Å². The zero-order valence-electron chi connectivity index (χ0n) is 62.8. The molecule has 8 N–H and O–H groups in total. The lowest BCUT2D eigenvalue weighted by molar-refractivity contribution is -0.142. The highest BCUT2D eigenvalue weighted by molar-refractivity contribution is 6.42. The summed E-state index contributed by atoms with van der Waals surface area (Å²) >= 11 is 35.2. The van der Waals surface area contributed by atoms with Crippen LogP contribution in [-0.2, 0) is 39.1 Å². The minimum Gasteiger partial charge on any atom is -0.484 e. The van der Waals surface area contributed by atoms with Crippen molar-refractivity contribution in [1.29, 1.82) is 0 Å². The Labute approximate surface area is 686 Å². The molecular weight excluding hydrogens is 1590 g/mol. The van der Waals surface area contributed by atoms with Gasteiger partial charge < -0.3 is 61.5 Å². The van der Waals surface area contributed by atoms with Crippen LogP contribution >= 0.6 is 69.6 Å². The van der Waals surface area contributed by atoms with Gasteiger partial charge in [0.25, 0.3) is 41.4 Å². The number of anilines is 1. The van der Waals surface area contributed by atoms with Crippen molar-refractivity contribution in [3.05, 3.63) is 204 Å². The number of nitrogens with one attached hydrogen (secondary N) is 8. The highest BCUT2D eigenvalue weighted by Crippen LogP contribution is 2.63. The molecule has 13 fully saturated rings. The van der Waals surface area contributed by atoms with Crippen molar-refractivity contribution in [1.82, 2.24) is 71.9 Å². The summed E-state index contributed by atoms with van der Waals surface area (Å²) < 4.78 is 36.9. The third-order valence-corrected chi connectivity index (χ3v) is 24.5. The highest BCUT2D eigenvalue weighted by Gasteiger charge is 2.71. The summed E-state index contributed by atoms with van der Waals surface area (Å²) in [6.45, 7) is 5.47. The number of hydrogen-bond donors (Lipinski definition) is 8. The summed E-state index contributed by atoms with van der Waals surface area (Å²) in [4.78, 5) is 108. The van der Waals surface area contributed by atoms with E-state index in [0.717, 1.165) is 118 Å². The first-order valence-corrected chi connectivity index (χ1v) is 39.8. The Morgan fingerprint density at radius 2 is 0.904 bits per heavy atom. The molecule has 13 aliphatic rings. The maximum Gasteiger partial charge on any atom is 0.272 e. The Bertz CT molecular complexity index is 5010. The Morgan fingerprint density at radius 3 is 1.38 bits per heavy atom. The topological polar surface area (TPSA) is 335 Å². The average Bonchev–Trinajstić information content (AvgIpc) is 0.857. The lowest BCUT2D eigenvalue weighted by atomic mass is 9.44. The van der Waals surface area contributed by atoms with E-state index in [1.807, 2.05) is 39.1 Å². The van der Waals surface area contributed by atoms with Crippen molar-refractivity contribution >= 4 is 117 Å². The van der Waals surface area contributed by atoms with Crippen LogP contribution in [-0.4, -0.2) is 147 Å². The molecule has 21 rings (SSSR count). The number of nitrogens with zero attached hydrogens (tertiary/aromatic N) is 7. The van der Waals surface area contributed by atoms with E-state index in [-0.39, 0.29) is 123 Å². The maximum atomic E-state index is 13.5. The number of carbonyl (C=O) groups is 7. The van der Waals surface area contributed by atoms with Gasteiger partial charge in [-0.05, 0) is 194 Å². The van der Waals surface area contributed by atoms with Crippen molar-refractivity contribution < 1.29 is 56.9 Å². The molecule has 4 aromatic heterocycles. The number of benzene rings is 4. The third-order valence-electron chi connectivity index (χ3n) is 22.3. The van der Waals surface area contributed by atoms with Gasteiger partial charge in [-0.15, -0.1) is 0 Å². The lowest BCUT2D eigenvalue weighted by Gasteiger charge is -2.70. The van der Waals surface area contributed by atoms with Gasteiger partial charge in [-0.2, -0.15) is 5.10 Å². The molecule has 0 saturated heterocycles. The minimum atomic E-state index is -0.600. The molecule has 0 spiro atoms. The predicted octanol–water partition coefficient (Wildman–Crippen LogP) is 12.3. The summed E-state index contributed by atoms with van der Waals surface area (Å²) in [6.07, 6.45) is 24.1. The first kappa shape index (κ1) is 80.9. The van der Waals surface area contributed by atoms with Gasteiger partial charge in [0.2, 0.25) is 0 Å². The second-order valence-corrected chi connectivity index (χ2v) is 34.2. The van der Waals surface area contributed by atoms with E-state index >= 15 is 0 Å². The number of carbonyl (C=O) groups excluding carboxylic acids is 7. The number of aromatic nitrogens is 7. The molecule has 26 nitrogen and oxygen atoms in total. The number of halogens is 7. The Morgan fingerprint density at radius 1 is 0.456 bits per heavy atom. The largest absolute Gasteiger partial charge is 0.484 e. The monoisotopic (exact) mass is 1670 g/mol. The van der Waals surface area contributed by atoms with Gasteiger partial charge >= 0.3 is 0 Å². The summed E-state index contributed by atoms with van der Waals surface area (Å²) in [5.74, 6) is 1.41. The molecule has 114 heavy (non-hydrogen) atoms. The normalized spacial score (nSPS) is 25.1. The fraction of sp³-hybridized carbons (Fsp3) is 0.420. The standard InChI is InChI=1S/C21H21Cl2N3O3.C21H22ClFN4O3.C21H23ClN4O2.C18H18Cl2N4O3/c1-2-14-7-13(5-6-24-14)19(28)26-21-10-20(11-21,12-21)25-18(27)9-29-15-3-4-16(22)17(23)8-15;1-2-13-8-25-17(9-24-13)19(29)27-21-6-5-20(11-21,12-21)26-18(28)10-30-14-3-4-15(22)16(23)7-14;1-13-6-15(4-5-16(13)22)28-9-19(27)26-21-10-20(11-21,12-21)25-18-8-23-7-17(24-18)14-2-3-14;1-24-5-4-14(23-24)16(26)22-18-8-17(9-18,10-18)21-15(25)7-27-11-2-3-12(19)13(20)6-11/h3-8H,2,9-12H2,1H3,(H,25,27)(H,26,28);3-4,7-9H,2,5-6,10-12H2,1H3,(H,26,28)(H,27,29);4-8,14H,2-3,9-12H2,1H3,(H,24,25)(H,26,27);2-6H,7-10H2,1H3,(H,21,25)(H,22,26). The summed E-state index contributed by atoms with van der Waals surface area (Å²) in [7, 11) is 1.77. The Hall–Kier alpha value is -9.64. The molecule has 7 amide bonds. The van der Waals surface area contributed by atoms with E-state index in [0.29, 0.717) is 78.1 Å². The summed E-state index contributed by atoms with van der Waals surface area (Å²) in [5, 5.41) is 31.3. The molecule has 4 aromatic carbocycles. The zero-order valence-corrected chi connectivity index (χ0v) is 67.4. The smallest absolute Gasteiger partial charge is 0.272 e. The van der Waals surface area contributed by atoms with E-state index in [2.05, 4.69) is 67.6 Å². The fourth-order valence-corrected chi connectivity index (χ4v) is 17.9. The van der Waals surface area contributed by atoms with Crippen molar-refractivity contribution in [3.63, 3.8) is 0 Å². The van der Waals surface area contributed by atoms with Gasteiger partial charge in [0.15, 0.2) is 26.4 Å². The first-order chi connectivity index (χ1) is 54.4. The van der Waals surface area contributed by atoms with Crippen LogP contribution in [0, 0.1) is 12.7 Å². The quantitative estimate of drug-likeness (QED) is 0.0237.